The number of cyclic esters (lactones) is 1. The van der Waals surface area contributed by atoms with Crippen molar-refractivity contribution in [3.8, 4) is 22.6 Å². The van der Waals surface area contributed by atoms with E-state index in [9.17, 15) is 9.18 Å². The average molecular weight is 411 g/mol. The summed E-state index contributed by atoms with van der Waals surface area (Å²) in [5.74, 6) is -0.0369. The minimum atomic E-state index is -0.525. The molecule has 1 amide bonds. The number of benzene rings is 1. The molecule has 0 saturated carbocycles. The predicted octanol–water partition coefficient (Wildman–Crippen LogP) is 2.63. The molecule has 30 heavy (non-hydrogen) atoms. The van der Waals surface area contributed by atoms with Crippen molar-refractivity contribution in [2.24, 2.45) is 5.73 Å². The summed E-state index contributed by atoms with van der Waals surface area (Å²) in [7, 11) is 0. The number of tetrazole rings is 1. The first-order valence-corrected chi connectivity index (χ1v) is 9.81. The molecular weight excluding hydrogens is 389 g/mol. The van der Waals surface area contributed by atoms with E-state index < -0.39 is 11.9 Å². The predicted molar refractivity (Wildman–Crippen MR) is 108 cm³/mol. The number of unbranched alkanes of at least 4 members (excludes halogenated alkanes) is 1. The van der Waals surface area contributed by atoms with Gasteiger partial charge in [0.25, 0.3) is 0 Å². The van der Waals surface area contributed by atoms with Crippen molar-refractivity contribution >= 4 is 11.8 Å². The van der Waals surface area contributed by atoms with Crippen molar-refractivity contribution in [1.82, 2.24) is 25.2 Å². The van der Waals surface area contributed by atoms with Crippen LogP contribution < -0.4 is 10.6 Å². The highest BCUT2D eigenvalue weighted by molar-refractivity contribution is 5.90. The van der Waals surface area contributed by atoms with Crippen LogP contribution in [0.2, 0.25) is 0 Å². The highest BCUT2D eigenvalue weighted by Crippen LogP contribution is 2.29. The number of hydrogen-bond acceptors (Lipinski definition) is 7. The molecule has 1 fully saturated rings. The third-order valence-corrected chi connectivity index (χ3v) is 4.87. The zero-order valence-electron chi connectivity index (χ0n) is 16.5. The summed E-state index contributed by atoms with van der Waals surface area (Å²) in [4.78, 5) is 19.2. The van der Waals surface area contributed by atoms with E-state index in [4.69, 9.17) is 10.5 Å². The maximum Gasteiger partial charge on any atom is 0.414 e. The van der Waals surface area contributed by atoms with Crippen molar-refractivity contribution in [2.45, 2.75) is 32.4 Å². The second kappa shape index (κ2) is 8.54. The molecule has 0 radical (unpaired) electrons. The number of pyridine rings is 1. The van der Waals surface area contributed by atoms with Gasteiger partial charge in [0, 0.05) is 23.9 Å². The number of nitrogens with two attached hydrogens (primary N) is 1. The summed E-state index contributed by atoms with van der Waals surface area (Å²) in [5.41, 5.74) is 7.51. The van der Waals surface area contributed by atoms with Gasteiger partial charge in [0.05, 0.1) is 18.8 Å². The van der Waals surface area contributed by atoms with E-state index >= 15 is 0 Å². The first-order chi connectivity index (χ1) is 14.6. The van der Waals surface area contributed by atoms with Crippen LogP contribution in [0, 0.1) is 5.82 Å². The Bertz CT molecular complexity index is 1040. The highest BCUT2D eigenvalue weighted by Gasteiger charge is 2.31. The van der Waals surface area contributed by atoms with Crippen LogP contribution in [0.1, 0.15) is 19.8 Å². The molecule has 1 aliphatic rings. The molecule has 0 aliphatic carbocycles. The topological polar surface area (TPSA) is 112 Å². The van der Waals surface area contributed by atoms with Gasteiger partial charge in [-0.25, -0.2) is 9.18 Å². The Hall–Kier alpha value is -3.40. The number of nitrogens with zero attached hydrogens (tertiary/aromatic N) is 6. The van der Waals surface area contributed by atoms with E-state index in [1.807, 2.05) is 0 Å². The second-order valence-corrected chi connectivity index (χ2v) is 7.01. The van der Waals surface area contributed by atoms with Crippen LogP contribution in [0.5, 0.6) is 0 Å². The van der Waals surface area contributed by atoms with Gasteiger partial charge in [-0.05, 0) is 35.9 Å². The molecule has 1 saturated heterocycles. The number of aromatic nitrogens is 5. The van der Waals surface area contributed by atoms with Crippen LogP contribution in [0.4, 0.5) is 14.9 Å². The molecule has 156 valence electrons. The summed E-state index contributed by atoms with van der Waals surface area (Å²) in [6.07, 6.45) is 2.67. The number of aryl methyl sites for hydroxylation is 1. The van der Waals surface area contributed by atoms with Crippen LogP contribution in [0.25, 0.3) is 22.6 Å². The lowest BCUT2D eigenvalue weighted by molar-refractivity contribution is 0.145. The molecule has 10 heteroatoms. The third-order valence-electron chi connectivity index (χ3n) is 4.87. The third kappa shape index (κ3) is 3.99. The monoisotopic (exact) mass is 411 g/mol. The van der Waals surface area contributed by atoms with Gasteiger partial charge in [-0.2, -0.15) is 4.80 Å². The van der Waals surface area contributed by atoms with Gasteiger partial charge >= 0.3 is 6.09 Å². The normalized spacial score (nSPS) is 16.2. The van der Waals surface area contributed by atoms with Gasteiger partial charge in [0.15, 0.2) is 0 Å². The zero-order chi connectivity index (χ0) is 21.1. The van der Waals surface area contributed by atoms with E-state index in [1.54, 1.807) is 35.3 Å². The van der Waals surface area contributed by atoms with Crippen molar-refractivity contribution in [2.75, 3.05) is 18.0 Å². The van der Waals surface area contributed by atoms with Gasteiger partial charge in [-0.3, -0.25) is 9.88 Å². The quantitative estimate of drug-likeness (QED) is 0.636. The van der Waals surface area contributed by atoms with Crippen molar-refractivity contribution in [3.05, 3.63) is 42.3 Å². The fourth-order valence-electron chi connectivity index (χ4n) is 3.19. The Kier molecular flexibility index (Phi) is 5.66. The van der Waals surface area contributed by atoms with Crippen LogP contribution >= 0.6 is 0 Å². The molecule has 0 unspecified atom stereocenters. The first kappa shape index (κ1) is 19.9. The molecule has 9 nitrogen and oxygen atoms in total. The summed E-state index contributed by atoms with van der Waals surface area (Å²) >= 11 is 0. The highest BCUT2D eigenvalue weighted by atomic mass is 19.1. The van der Waals surface area contributed by atoms with Gasteiger partial charge < -0.3 is 10.5 Å². The smallest absolute Gasteiger partial charge is 0.414 e. The summed E-state index contributed by atoms with van der Waals surface area (Å²) in [5, 5.41) is 12.4. The minimum absolute atomic E-state index is 0.224. The van der Waals surface area contributed by atoms with Crippen LogP contribution in [-0.4, -0.2) is 50.5 Å². The Labute approximate surface area is 172 Å². The van der Waals surface area contributed by atoms with Crippen molar-refractivity contribution < 1.29 is 13.9 Å². The van der Waals surface area contributed by atoms with Crippen LogP contribution in [0.15, 0.2) is 36.5 Å². The first-order valence-electron chi connectivity index (χ1n) is 9.81. The SMILES string of the molecule is CCCCn1nnc(-c2ccc(-c3ccc(N4C[C@H](CN)OC4=O)cc3F)cn2)n1. The Morgan fingerprint density at radius 1 is 1.30 bits per heavy atom. The van der Waals surface area contributed by atoms with Crippen molar-refractivity contribution in [3.63, 3.8) is 0 Å². The average Bonchev–Trinajstić information content (AvgIpc) is 3.39. The molecule has 1 aromatic carbocycles. The number of rotatable bonds is 7. The lowest BCUT2D eigenvalue weighted by Gasteiger charge is -2.14. The molecule has 3 heterocycles. The van der Waals surface area contributed by atoms with Gasteiger partial charge in [0.1, 0.15) is 17.6 Å². The number of ether oxygens (including phenoxy) is 1. The van der Waals surface area contributed by atoms with Crippen LogP contribution in [-0.2, 0) is 11.3 Å². The number of halogens is 1. The maximum atomic E-state index is 14.8. The minimum Gasteiger partial charge on any atom is -0.443 e. The molecule has 0 bridgehead atoms. The molecule has 4 rings (SSSR count). The maximum absolute atomic E-state index is 14.8. The molecule has 2 N–H and O–H groups in total. The van der Waals surface area contributed by atoms with E-state index in [1.165, 1.54) is 11.0 Å². The van der Waals surface area contributed by atoms with Crippen LogP contribution in [0.3, 0.4) is 0 Å². The fourth-order valence-corrected chi connectivity index (χ4v) is 3.19. The molecule has 2 aromatic heterocycles. The fraction of sp³-hybridized carbons (Fsp3) is 0.350. The molecule has 1 aliphatic heterocycles. The lowest BCUT2D eigenvalue weighted by atomic mass is 10.1. The largest absolute Gasteiger partial charge is 0.443 e. The summed E-state index contributed by atoms with van der Waals surface area (Å²) in [6.45, 7) is 3.32. The van der Waals surface area contributed by atoms with Crippen molar-refractivity contribution in [1.29, 1.82) is 0 Å². The van der Waals surface area contributed by atoms with E-state index in [2.05, 4.69) is 27.3 Å². The standard InChI is InChI=1S/C20H22FN7O2/c1-2-3-8-28-25-19(24-26-28)18-7-4-13(11-23-18)16-6-5-14(9-17(16)21)27-12-15(10-22)30-20(27)29/h4-7,9,11,15H,2-3,8,10,12,22H2,1H3/t15-/m0/s1. The van der Waals surface area contributed by atoms with E-state index in [0.717, 1.165) is 12.8 Å². The van der Waals surface area contributed by atoms with Gasteiger partial charge in [0.2, 0.25) is 5.82 Å². The number of carbonyl (C=O) groups is 1. The van der Waals surface area contributed by atoms with E-state index in [0.29, 0.717) is 41.4 Å². The Balaban J connectivity index is 1.52. The summed E-state index contributed by atoms with van der Waals surface area (Å²) in [6, 6.07) is 8.08. The number of hydrogen-bond donors (Lipinski definition) is 1. The van der Waals surface area contributed by atoms with Gasteiger partial charge in [-0.15, -0.1) is 10.2 Å². The summed E-state index contributed by atoms with van der Waals surface area (Å²) < 4.78 is 19.9. The Morgan fingerprint density at radius 3 is 2.83 bits per heavy atom. The van der Waals surface area contributed by atoms with E-state index in [-0.39, 0.29) is 12.6 Å². The molecule has 0 spiro atoms. The number of anilines is 1. The molecule has 1 atom stereocenters. The second-order valence-electron chi connectivity index (χ2n) is 7.01. The number of carbonyl (C=O) groups excluding carboxylic acids is 1. The molecular formula is C20H22FN7O2. The lowest BCUT2D eigenvalue weighted by Crippen LogP contribution is -2.27. The van der Waals surface area contributed by atoms with Gasteiger partial charge in [-0.1, -0.05) is 19.4 Å². The zero-order valence-corrected chi connectivity index (χ0v) is 16.5. The molecule has 3 aromatic rings. The number of amides is 1. The Morgan fingerprint density at radius 2 is 2.17 bits per heavy atom.